The largest absolute Gasteiger partial charge is 0.292 e. The van der Waals surface area contributed by atoms with E-state index in [1.807, 2.05) is 0 Å². The van der Waals surface area contributed by atoms with Gasteiger partial charge in [0.2, 0.25) is 11.8 Å². The fourth-order valence-corrected chi connectivity index (χ4v) is 2.17. The Morgan fingerprint density at radius 2 is 1.80 bits per heavy atom. The van der Waals surface area contributed by atoms with E-state index in [4.69, 9.17) is 0 Å². The summed E-state index contributed by atoms with van der Waals surface area (Å²) in [5.41, 5.74) is -1.61. The van der Waals surface area contributed by atoms with Crippen LogP contribution in [0.1, 0.15) is 30.6 Å². The van der Waals surface area contributed by atoms with Crippen molar-refractivity contribution in [1.82, 2.24) is 4.90 Å². The van der Waals surface area contributed by atoms with Crippen molar-refractivity contribution >= 4 is 17.6 Å². The zero-order valence-corrected chi connectivity index (χ0v) is 11.1. The number of nitrogens with zero attached hydrogens (tertiary/aromatic N) is 1. The fraction of sp³-hybridized carbons (Fsp3) is 0.357. The van der Waals surface area contributed by atoms with Gasteiger partial charge in [-0.2, -0.15) is 0 Å². The van der Waals surface area contributed by atoms with Crippen molar-refractivity contribution in [2.45, 2.75) is 20.3 Å². The summed E-state index contributed by atoms with van der Waals surface area (Å²) in [4.78, 5) is 36.3. The third-order valence-corrected chi connectivity index (χ3v) is 3.26. The molecule has 0 saturated carbocycles. The zero-order valence-electron chi connectivity index (χ0n) is 11.1. The first-order valence-electron chi connectivity index (χ1n) is 6.06. The average molecular weight is 281 g/mol. The number of carbonyl (C=O) groups excluding carboxylic acids is 3. The lowest BCUT2D eigenvalue weighted by Crippen LogP contribution is -2.37. The van der Waals surface area contributed by atoms with Gasteiger partial charge in [0.1, 0.15) is 11.6 Å². The number of benzene rings is 1. The van der Waals surface area contributed by atoms with E-state index in [-0.39, 0.29) is 6.42 Å². The van der Waals surface area contributed by atoms with Crippen LogP contribution in [0.15, 0.2) is 18.2 Å². The predicted molar refractivity (Wildman–Crippen MR) is 65.8 cm³/mol. The van der Waals surface area contributed by atoms with Gasteiger partial charge in [0.25, 0.3) is 0 Å². The number of hydrogen-bond acceptors (Lipinski definition) is 3. The molecule has 20 heavy (non-hydrogen) atoms. The number of hydrogen-bond donors (Lipinski definition) is 0. The van der Waals surface area contributed by atoms with E-state index in [2.05, 4.69) is 0 Å². The average Bonchev–Trinajstić information content (AvgIpc) is 2.51. The molecule has 1 aliphatic heterocycles. The molecule has 1 aromatic rings. The second-order valence-electron chi connectivity index (χ2n) is 5.37. The fourth-order valence-electron chi connectivity index (χ4n) is 2.17. The van der Waals surface area contributed by atoms with Crippen molar-refractivity contribution in [2.75, 3.05) is 6.54 Å². The Bertz CT molecular complexity index is 590. The Kier molecular flexibility index (Phi) is 3.41. The highest BCUT2D eigenvalue weighted by Crippen LogP contribution is 2.31. The summed E-state index contributed by atoms with van der Waals surface area (Å²) in [5.74, 6) is -3.96. The van der Waals surface area contributed by atoms with Crippen LogP contribution in [0.3, 0.4) is 0 Å². The molecule has 1 aliphatic rings. The molecule has 0 N–H and O–H groups in total. The first-order chi connectivity index (χ1) is 9.24. The molecule has 0 atom stereocenters. The van der Waals surface area contributed by atoms with Gasteiger partial charge in [0, 0.05) is 6.42 Å². The molecule has 0 unspecified atom stereocenters. The maximum absolute atomic E-state index is 13.5. The van der Waals surface area contributed by atoms with Gasteiger partial charge in [-0.15, -0.1) is 0 Å². The zero-order chi connectivity index (χ0) is 15.1. The van der Waals surface area contributed by atoms with Crippen molar-refractivity contribution in [1.29, 1.82) is 0 Å². The molecule has 0 spiro atoms. The topological polar surface area (TPSA) is 54.5 Å². The van der Waals surface area contributed by atoms with Gasteiger partial charge in [-0.25, -0.2) is 8.78 Å². The molecule has 0 aliphatic carbocycles. The monoisotopic (exact) mass is 281 g/mol. The van der Waals surface area contributed by atoms with Gasteiger partial charge < -0.3 is 0 Å². The van der Waals surface area contributed by atoms with Crippen LogP contribution < -0.4 is 0 Å². The number of imide groups is 1. The summed E-state index contributed by atoms with van der Waals surface area (Å²) >= 11 is 0. The second kappa shape index (κ2) is 4.77. The lowest BCUT2D eigenvalue weighted by atomic mass is 9.92. The number of Topliss-reactive ketones (excluding diaryl/α,β-unsaturated/α-hetero) is 1. The van der Waals surface area contributed by atoms with E-state index in [0.717, 1.165) is 23.1 Å². The first-order valence-corrected chi connectivity index (χ1v) is 6.06. The molecule has 0 radical (unpaired) electrons. The summed E-state index contributed by atoms with van der Waals surface area (Å²) in [6.07, 6.45) is -0.0150. The smallest absolute Gasteiger partial charge is 0.235 e. The number of carbonyl (C=O) groups is 3. The summed E-state index contributed by atoms with van der Waals surface area (Å²) in [7, 11) is 0. The summed E-state index contributed by atoms with van der Waals surface area (Å²) in [6.45, 7) is 2.53. The van der Waals surface area contributed by atoms with Crippen LogP contribution >= 0.6 is 0 Å². The summed E-state index contributed by atoms with van der Waals surface area (Å²) in [5, 5.41) is 0. The molecule has 1 saturated heterocycles. The van der Waals surface area contributed by atoms with E-state index in [0.29, 0.717) is 0 Å². The molecule has 0 bridgehead atoms. The highest BCUT2D eigenvalue weighted by Gasteiger charge is 2.45. The molecule has 0 aromatic heterocycles. The molecule has 1 fully saturated rings. The number of rotatable bonds is 3. The van der Waals surface area contributed by atoms with E-state index in [1.54, 1.807) is 13.8 Å². The van der Waals surface area contributed by atoms with Gasteiger partial charge >= 0.3 is 0 Å². The highest BCUT2D eigenvalue weighted by molar-refractivity contribution is 6.10. The van der Waals surface area contributed by atoms with Gasteiger partial charge in [-0.1, -0.05) is 19.9 Å². The van der Waals surface area contributed by atoms with Crippen molar-refractivity contribution in [3.63, 3.8) is 0 Å². The lowest BCUT2D eigenvalue weighted by Gasteiger charge is -2.17. The highest BCUT2D eigenvalue weighted by atomic mass is 19.1. The van der Waals surface area contributed by atoms with Gasteiger partial charge in [0.05, 0.1) is 17.5 Å². The number of halogens is 2. The minimum absolute atomic E-state index is 0.0150. The van der Waals surface area contributed by atoms with Crippen LogP contribution in [0.5, 0.6) is 0 Å². The van der Waals surface area contributed by atoms with Crippen molar-refractivity contribution in [3.8, 4) is 0 Å². The molecule has 1 heterocycles. The predicted octanol–water partition coefficient (Wildman–Crippen LogP) is 1.93. The Morgan fingerprint density at radius 1 is 1.25 bits per heavy atom. The third kappa shape index (κ3) is 2.33. The van der Waals surface area contributed by atoms with Crippen molar-refractivity contribution in [2.24, 2.45) is 5.41 Å². The standard InChI is InChI=1S/C14H13F2NO3/c1-14(2)6-11(19)17(13(14)20)7-10(18)12-8(15)4-3-5-9(12)16/h3-5H,6-7H2,1-2H3. The van der Waals surface area contributed by atoms with Crippen LogP contribution in [-0.2, 0) is 9.59 Å². The summed E-state index contributed by atoms with van der Waals surface area (Å²) < 4.78 is 26.9. The van der Waals surface area contributed by atoms with E-state index < -0.39 is 46.8 Å². The van der Waals surface area contributed by atoms with Gasteiger partial charge in [-0.3, -0.25) is 19.3 Å². The van der Waals surface area contributed by atoms with E-state index >= 15 is 0 Å². The van der Waals surface area contributed by atoms with E-state index in [9.17, 15) is 23.2 Å². The molecular weight excluding hydrogens is 268 g/mol. The minimum atomic E-state index is -1.01. The molecular formula is C14H13F2NO3. The number of amides is 2. The van der Waals surface area contributed by atoms with Gasteiger partial charge in [0.15, 0.2) is 5.78 Å². The van der Waals surface area contributed by atoms with Crippen LogP contribution in [0, 0.1) is 17.0 Å². The molecule has 6 heteroatoms. The van der Waals surface area contributed by atoms with Crippen molar-refractivity contribution < 1.29 is 23.2 Å². The number of likely N-dealkylation sites (tertiary alicyclic amines) is 1. The first kappa shape index (κ1) is 14.3. The minimum Gasteiger partial charge on any atom is -0.292 e. The Morgan fingerprint density at radius 3 is 2.25 bits per heavy atom. The molecule has 1 aromatic carbocycles. The van der Waals surface area contributed by atoms with Crippen LogP contribution in [0.25, 0.3) is 0 Å². The lowest BCUT2D eigenvalue weighted by molar-refractivity contribution is -0.140. The Balaban J connectivity index is 2.25. The van der Waals surface area contributed by atoms with Crippen LogP contribution in [-0.4, -0.2) is 29.0 Å². The van der Waals surface area contributed by atoms with E-state index in [1.165, 1.54) is 0 Å². The Labute approximate surface area is 114 Å². The summed E-state index contributed by atoms with van der Waals surface area (Å²) in [6, 6.07) is 3.04. The Hall–Kier alpha value is -2.11. The third-order valence-electron chi connectivity index (χ3n) is 3.26. The maximum atomic E-state index is 13.5. The normalized spacial score (nSPS) is 17.7. The van der Waals surface area contributed by atoms with Crippen LogP contribution in [0.2, 0.25) is 0 Å². The van der Waals surface area contributed by atoms with Crippen LogP contribution in [0.4, 0.5) is 8.78 Å². The molecule has 4 nitrogen and oxygen atoms in total. The second-order valence-corrected chi connectivity index (χ2v) is 5.37. The SMILES string of the molecule is CC1(C)CC(=O)N(CC(=O)c2c(F)cccc2F)C1=O. The quantitative estimate of drug-likeness (QED) is 0.628. The number of ketones is 1. The van der Waals surface area contributed by atoms with Crippen molar-refractivity contribution in [3.05, 3.63) is 35.4 Å². The van der Waals surface area contributed by atoms with Gasteiger partial charge in [-0.05, 0) is 12.1 Å². The molecule has 106 valence electrons. The molecule has 2 rings (SSSR count). The maximum Gasteiger partial charge on any atom is 0.235 e. The molecule has 2 amide bonds.